The molecule has 0 unspecified atom stereocenters. The van der Waals surface area contributed by atoms with Crippen LogP contribution in [0.1, 0.15) is 12.8 Å². The lowest BCUT2D eigenvalue weighted by atomic mass is 9.98. The molecule has 0 radical (unpaired) electrons. The van der Waals surface area contributed by atoms with Gasteiger partial charge in [0.2, 0.25) is 0 Å². The van der Waals surface area contributed by atoms with Crippen LogP contribution in [0.25, 0.3) is 0 Å². The second-order valence-corrected chi connectivity index (χ2v) is 4.37. The van der Waals surface area contributed by atoms with Crippen LogP contribution >= 0.6 is 0 Å². The maximum atomic E-state index is 11.7. The van der Waals surface area contributed by atoms with E-state index in [4.69, 9.17) is 15.9 Å². The molecule has 5 nitrogen and oxygen atoms in total. The van der Waals surface area contributed by atoms with Gasteiger partial charge >= 0.3 is 6.03 Å². The van der Waals surface area contributed by atoms with Gasteiger partial charge in [0.25, 0.3) is 0 Å². The van der Waals surface area contributed by atoms with Crippen molar-refractivity contribution in [2.45, 2.75) is 12.8 Å². The van der Waals surface area contributed by atoms with Crippen molar-refractivity contribution in [1.82, 2.24) is 10.2 Å². The number of hydrogen-bond donors (Lipinski definition) is 1. The highest BCUT2D eigenvalue weighted by Gasteiger charge is 2.22. The monoisotopic (exact) mass is 254 g/mol. The number of rotatable bonds is 6. The fourth-order valence-corrected chi connectivity index (χ4v) is 1.96. The summed E-state index contributed by atoms with van der Waals surface area (Å²) in [5.41, 5.74) is 0. The highest BCUT2D eigenvalue weighted by atomic mass is 16.5. The van der Waals surface area contributed by atoms with Gasteiger partial charge < -0.3 is 19.7 Å². The van der Waals surface area contributed by atoms with Crippen molar-refractivity contribution in [3.05, 3.63) is 0 Å². The average Bonchev–Trinajstić information content (AvgIpc) is 2.40. The van der Waals surface area contributed by atoms with Crippen LogP contribution in [0.15, 0.2) is 0 Å². The first-order valence-corrected chi connectivity index (χ1v) is 6.30. The molecule has 0 bridgehead atoms. The molecule has 102 valence electrons. The molecule has 1 heterocycles. The quantitative estimate of drug-likeness (QED) is 0.561. The number of methoxy groups -OCH3 is 1. The second-order valence-electron chi connectivity index (χ2n) is 4.37. The van der Waals surface area contributed by atoms with Crippen LogP contribution < -0.4 is 5.32 Å². The number of hydrogen-bond acceptors (Lipinski definition) is 3. The minimum absolute atomic E-state index is 0.00459. The lowest BCUT2D eigenvalue weighted by Crippen LogP contribution is -2.45. The number of nitrogens with one attached hydrogen (secondary N) is 1. The second kappa shape index (κ2) is 8.78. The molecule has 0 aromatic heterocycles. The Balaban J connectivity index is 2.14. The van der Waals surface area contributed by atoms with Crippen LogP contribution in [-0.4, -0.2) is 57.5 Å². The van der Waals surface area contributed by atoms with E-state index in [9.17, 15) is 4.79 Å². The predicted octanol–water partition coefficient (Wildman–Crippen LogP) is 0.704. The minimum atomic E-state index is -0.00459. The number of piperidine rings is 1. The van der Waals surface area contributed by atoms with Gasteiger partial charge in [0.15, 0.2) is 0 Å². The molecule has 0 aromatic carbocycles. The highest BCUT2D eigenvalue weighted by molar-refractivity contribution is 5.74. The van der Waals surface area contributed by atoms with Gasteiger partial charge in [0, 0.05) is 26.7 Å². The molecular formula is C13H22N2O3. The highest BCUT2D eigenvalue weighted by Crippen LogP contribution is 2.17. The first kappa shape index (κ1) is 14.8. The van der Waals surface area contributed by atoms with Gasteiger partial charge in [-0.15, -0.1) is 6.42 Å². The van der Waals surface area contributed by atoms with Gasteiger partial charge in [0.05, 0.1) is 13.2 Å². The van der Waals surface area contributed by atoms with E-state index >= 15 is 0 Å². The summed E-state index contributed by atoms with van der Waals surface area (Å²) in [6.07, 6.45) is 7.07. The molecule has 1 aliphatic rings. The lowest BCUT2D eigenvalue weighted by Gasteiger charge is -2.31. The fourth-order valence-electron chi connectivity index (χ4n) is 1.96. The van der Waals surface area contributed by atoms with E-state index in [0.717, 1.165) is 25.9 Å². The standard InChI is InChI=1S/C13H22N2O3/c1-3-9-18-11-12-4-7-15(8-5-12)13(16)14-6-10-17-2/h1,12H,4-11H2,2H3,(H,14,16). The fraction of sp³-hybridized carbons (Fsp3) is 0.769. The van der Waals surface area contributed by atoms with Crippen LogP contribution in [-0.2, 0) is 9.47 Å². The molecule has 5 heteroatoms. The first-order chi connectivity index (χ1) is 8.77. The number of amides is 2. The number of terminal acetylenes is 1. The molecule has 0 aliphatic carbocycles. The molecule has 1 fully saturated rings. The summed E-state index contributed by atoms with van der Waals surface area (Å²) in [5.74, 6) is 2.97. The van der Waals surface area contributed by atoms with Crippen molar-refractivity contribution < 1.29 is 14.3 Å². The summed E-state index contributed by atoms with van der Waals surface area (Å²) >= 11 is 0. The molecule has 0 atom stereocenters. The zero-order valence-corrected chi connectivity index (χ0v) is 11.0. The third-order valence-electron chi connectivity index (χ3n) is 3.02. The van der Waals surface area contributed by atoms with Gasteiger partial charge in [-0.05, 0) is 18.8 Å². The van der Waals surface area contributed by atoms with Gasteiger partial charge in [-0.25, -0.2) is 4.79 Å². The maximum Gasteiger partial charge on any atom is 0.317 e. The number of ether oxygens (including phenoxy) is 2. The Morgan fingerprint density at radius 2 is 2.22 bits per heavy atom. The van der Waals surface area contributed by atoms with Crippen LogP contribution in [0, 0.1) is 18.3 Å². The number of carbonyl (C=O) groups excluding carboxylic acids is 1. The van der Waals surface area contributed by atoms with Crippen molar-refractivity contribution in [1.29, 1.82) is 0 Å². The van der Waals surface area contributed by atoms with Crippen molar-refractivity contribution in [2.75, 3.05) is 46.6 Å². The van der Waals surface area contributed by atoms with Crippen LogP contribution in [0.4, 0.5) is 4.79 Å². The lowest BCUT2D eigenvalue weighted by molar-refractivity contribution is 0.0906. The molecule has 1 N–H and O–H groups in total. The Morgan fingerprint density at radius 3 is 2.83 bits per heavy atom. The van der Waals surface area contributed by atoms with Crippen LogP contribution in [0.3, 0.4) is 0 Å². The molecule has 0 aromatic rings. The number of likely N-dealkylation sites (tertiary alicyclic amines) is 1. The number of urea groups is 1. The van der Waals surface area contributed by atoms with Gasteiger partial charge in [-0.2, -0.15) is 0 Å². The summed E-state index contributed by atoms with van der Waals surface area (Å²) in [6, 6.07) is -0.00459. The summed E-state index contributed by atoms with van der Waals surface area (Å²) in [4.78, 5) is 13.6. The van der Waals surface area contributed by atoms with Gasteiger partial charge in [0.1, 0.15) is 6.61 Å². The third kappa shape index (κ3) is 5.39. The average molecular weight is 254 g/mol. The third-order valence-corrected chi connectivity index (χ3v) is 3.02. The molecule has 1 rings (SSSR count). The summed E-state index contributed by atoms with van der Waals surface area (Å²) in [7, 11) is 1.62. The van der Waals surface area contributed by atoms with Crippen molar-refractivity contribution >= 4 is 6.03 Å². The smallest absolute Gasteiger partial charge is 0.317 e. The minimum Gasteiger partial charge on any atom is -0.383 e. The Kier molecular flexibility index (Phi) is 7.23. The molecule has 1 saturated heterocycles. The summed E-state index contributed by atoms with van der Waals surface area (Å²) in [5, 5.41) is 2.82. The first-order valence-electron chi connectivity index (χ1n) is 6.30. The van der Waals surface area contributed by atoms with E-state index in [1.54, 1.807) is 7.11 Å². The Labute approximate surface area is 109 Å². The van der Waals surface area contributed by atoms with E-state index in [2.05, 4.69) is 11.2 Å². The summed E-state index contributed by atoms with van der Waals surface area (Å²) in [6.45, 7) is 3.73. The number of carbonyl (C=O) groups is 1. The zero-order chi connectivity index (χ0) is 13.2. The Bertz CT molecular complexity index is 280. The topological polar surface area (TPSA) is 50.8 Å². The van der Waals surface area contributed by atoms with Gasteiger partial charge in [-0.1, -0.05) is 5.92 Å². The van der Waals surface area contributed by atoms with E-state index in [0.29, 0.717) is 32.3 Å². The molecular weight excluding hydrogens is 232 g/mol. The van der Waals surface area contributed by atoms with E-state index in [-0.39, 0.29) is 6.03 Å². The molecule has 1 aliphatic heterocycles. The van der Waals surface area contributed by atoms with Gasteiger partial charge in [-0.3, -0.25) is 0 Å². The Hall–Kier alpha value is -1.25. The molecule has 18 heavy (non-hydrogen) atoms. The molecule has 0 saturated carbocycles. The molecule has 2 amide bonds. The van der Waals surface area contributed by atoms with E-state index in [1.807, 2.05) is 4.90 Å². The maximum absolute atomic E-state index is 11.7. The van der Waals surface area contributed by atoms with Crippen molar-refractivity contribution in [3.8, 4) is 12.3 Å². The normalized spacial score (nSPS) is 16.3. The van der Waals surface area contributed by atoms with E-state index in [1.165, 1.54) is 0 Å². The number of nitrogens with zero attached hydrogens (tertiary/aromatic N) is 1. The van der Waals surface area contributed by atoms with Crippen molar-refractivity contribution in [2.24, 2.45) is 5.92 Å². The SMILES string of the molecule is C#CCOCC1CCN(C(=O)NCCOC)CC1. The largest absolute Gasteiger partial charge is 0.383 e. The zero-order valence-electron chi connectivity index (χ0n) is 11.0. The summed E-state index contributed by atoms with van der Waals surface area (Å²) < 4.78 is 10.2. The predicted molar refractivity (Wildman–Crippen MR) is 69.2 cm³/mol. The van der Waals surface area contributed by atoms with Crippen LogP contribution in [0.2, 0.25) is 0 Å². The van der Waals surface area contributed by atoms with E-state index < -0.39 is 0 Å². The Morgan fingerprint density at radius 1 is 1.50 bits per heavy atom. The molecule has 0 spiro atoms. The van der Waals surface area contributed by atoms with Crippen LogP contribution in [0.5, 0.6) is 0 Å². The van der Waals surface area contributed by atoms with Crippen molar-refractivity contribution in [3.63, 3.8) is 0 Å².